The van der Waals surface area contributed by atoms with Crippen LogP contribution >= 0.6 is 0 Å². The average Bonchev–Trinajstić information content (AvgIpc) is 3.31. The van der Waals surface area contributed by atoms with E-state index in [1.807, 2.05) is 44.2 Å². The van der Waals surface area contributed by atoms with Gasteiger partial charge < -0.3 is 9.64 Å². The van der Waals surface area contributed by atoms with Crippen molar-refractivity contribution in [1.82, 2.24) is 15.1 Å². The Morgan fingerprint density at radius 2 is 2.00 bits per heavy atom. The first-order valence-electron chi connectivity index (χ1n) is 9.53. The van der Waals surface area contributed by atoms with Crippen LogP contribution in [0.3, 0.4) is 0 Å². The lowest BCUT2D eigenvalue weighted by Crippen LogP contribution is -2.45. The number of aromatic amines is 1. The summed E-state index contributed by atoms with van der Waals surface area (Å²) in [5.41, 5.74) is 1.60. The van der Waals surface area contributed by atoms with Gasteiger partial charge in [-0.15, -0.1) is 0 Å². The summed E-state index contributed by atoms with van der Waals surface area (Å²) in [6, 6.07) is 10.6. The lowest BCUT2D eigenvalue weighted by molar-refractivity contribution is -0.137. The molecule has 156 valence electrons. The molecule has 1 atom stereocenters. The number of esters is 1. The molecule has 0 unspecified atom stereocenters. The standard InChI is InChI=1S/C20H25N3O5S/c1-14(2)11-23(16-8-9-29(26,27)13-16)19(24)12-28-20(25)18-10-17(21-22-18)15-6-4-3-5-7-15/h3-7,10,14,16H,8-9,11-13H2,1-2H3,(H,21,22)/t16-/m1/s1. The molecule has 3 rings (SSSR count). The summed E-state index contributed by atoms with van der Waals surface area (Å²) in [4.78, 5) is 26.5. The van der Waals surface area contributed by atoms with Crippen LogP contribution in [0.2, 0.25) is 0 Å². The Balaban J connectivity index is 1.62. The third-order valence-corrected chi connectivity index (χ3v) is 6.48. The van der Waals surface area contributed by atoms with Crippen molar-refractivity contribution in [2.75, 3.05) is 24.7 Å². The highest BCUT2D eigenvalue weighted by Gasteiger charge is 2.35. The second-order valence-corrected chi connectivity index (χ2v) is 9.83. The fraction of sp³-hybridized carbons (Fsp3) is 0.450. The van der Waals surface area contributed by atoms with Crippen LogP contribution in [-0.2, 0) is 19.4 Å². The molecule has 2 aromatic rings. The summed E-state index contributed by atoms with van der Waals surface area (Å²) < 4.78 is 28.7. The molecule has 1 aliphatic rings. The van der Waals surface area contributed by atoms with Gasteiger partial charge in [-0.2, -0.15) is 5.10 Å². The number of nitrogens with zero attached hydrogens (tertiary/aromatic N) is 2. The van der Waals surface area contributed by atoms with Crippen LogP contribution in [-0.4, -0.2) is 66.1 Å². The van der Waals surface area contributed by atoms with Crippen molar-refractivity contribution in [2.24, 2.45) is 5.92 Å². The zero-order valence-electron chi connectivity index (χ0n) is 16.5. The predicted molar refractivity (Wildman–Crippen MR) is 108 cm³/mol. The van der Waals surface area contributed by atoms with Gasteiger partial charge in [0, 0.05) is 18.2 Å². The van der Waals surface area contributed by atoms with Crippen molar-refractivity contribution in [2.45, 2.75) is 26.3 Å². The van der Waals surface area contributed by atoms with Crippen LogP contribution < -0.4 is 0 Å². The highest BCUT2D eigenvalue weighted by Crippen LogP contribution is 2.20. The van der Waals surface area contributed by atoms with Crippen molar-refractivity contribution in [3.8, 4) is 11.3 Å². The molecule has 0 aliphatic carbocycles. The quantitative estimate of drug-likeness (QED) is 0.687. The Morgan fingerprint density at radius 3 is 2.62 bits per heavy atom. The molecule has 1 aliphatic heterocycles. The van der Waals surface area contributed by atoms with Gasteiger partial charge in [0.1, 0.15) is 5.69 Å². The Labute approximate surface area is 170 Å². The highest BCUT2D eigenvalue weighted by atomic mass is 32.2. The van der Waals surface area contributed by atoms with Gasteiger partial charge in [0.15, 0.2) is 16.4 Å². The number of carbonyl (C=O) groups is 2. The van der Waals surface area contributed by atoms with Gasteiger partial charge in [-0.25, -0.2) is 13.2 Å². The van der Waals surface area contributed by atoms with E-state index in [2.05, 4.69) is 10.2 Å². The second-order valence-electron chi connectivity index (χ2n) is 7.61. The van der Waals surface area contributed by atoms with E-state index in [1.165, 1.54) is 4.90 Å². The van der Waals surface area contributed by atoms with Crippen LogP contribution in [0.4, 0.5) is 0 Å². The van der Waals surface area contributed by atoms with Gasteiger partial charge in [-0.1, -0.05) is 44.2 Å². The molecule has 1 amide bonds. The minimum Gasteiger partial charge on any atom is -0.451 e. The number of H-pyrrole nitrogens is 1. The van der Waals surface area contributed by atoms with E-state index < -0.39 is 28.3 Å². The maximum Gasteiger partial charge on any atom is 0.356 e. The summed E-state index contributed by atoms with van der Waals surface area (Å²) in [6.45, 7) is 3.87. The molecule has 8 nitrogen and oxygen atoms in total. The summed E-state index contributed by atoms with van der Waals surface area (Å²) >= 11 is 0. The molecule has 0 bridgehead atoms. The summed E-state index contributed by atoms with van der Waals surface area (Å²) in [7, 11) is -3.12. The number of carbonyl (C=O) groups excluding carboxylic acids is 2. The van der Waals surface area contributed by atoms with Crippen LogP contribution in [0.15, 0.2) is 36.4 Å². The molecular formula is C20H25N3O5S. The summed E-state index contributed by atoms with van der Waals surface area (Å²) in [5.74, 6) is -0.872. The Bertz CT molecular complexity index is 969. The monoisotopic (exact) mass is 419 g/mol. The van der Waals surface area contributed by atoms with Crippen LogP contribution in [0, 0.1) is 5.92 Å². The first-order valence-corrected chi connectivity index (χ1v) is 11.3. The zero-order valence-corrected chi connectivity index (χ0v) is 17.3. The molecule has 9 heteroatoms. The van der Waals surface area contributed by atoms with Crippen molar-refractivity contribution >= 4 is 21.7 Å². The Kier molecular flexibility index (Phi) is 6.36. The number of rotatable bonds is 7. The van der Waals surface area contributed by atoms with E-state index in [0.717, 1.165) is 5.56 Å². The van der Waals surface area contributed by atoms with Gasteiger partial charge >= 0.3 is 5.97 Å². The number of benzene rings is 1. The first kappa shape index (κ1) is 21.0. The second kappa shape index (κ2) is 8.77. The molecule has 1 N–H and O–H groups in total. The molecule has 0 spiro atoms. The molecule has 0 saturated carbocycles. The summed E-state index contributed by atoms with van der Waals surface area (Å²) in [5, 5.41) is 6.73. The maximum atomic E-state index is 12.7. The van der Waals surface area contributed by atoms with Crippen LogP contribution in [0.5, 0.6) is 0 Å². The van der Waals surface area contributed by atoms with Gasteiger partial charge in [0.25, 0.3) is 5.91 Å². The number of hydrogen-bond acceptors (Lipinski definition) is 6. The van der Waals surface area contributed by atoms with E-state index >= 15 is 0 Å². The molecule has 1 aromatic carbocycles. The minimum absolute atomic E-state index is 0.0413. The fourth-order valence-electron chi connectivity index (χ4n) is 3.34. The predicted octanol–water partition coefficient (Wildman–Crippen LogP) is 1.91. The number of ether oxygens (including phenoxy) is 1. The highest BCUT2D eigenvalue weighted by molar-refractivity contribution is 7.91. The number of nitrogens with one attached hydrogen (secondary N) is 1. The molecule has 29 heavy (non-hydrogen) atoms. The van der Waals surface area contributed by atoms with Gasteiger partial charge in [0.2, 0.25) is 0 Å². The minimum atomic E-state index is -3.12. The number of sulfone groups is 1. The Morgan fingerprint density at radius 1 is 1.28 bits per heavy atom. The first-order chi connectivity index (χ1) is 13.7. The third-order valence-electron chi connectivity index (χ3n) is 4.73. The fourth-order valence-corrected chi connectivity index (χ4v) is 5.07. The molecule has 1 saturated heterocycles. The van der Waals surface area contributed by atoms with Crippen LogP contribution in [0.25, 0.3) is 11.3 Å². The lowest BCUT2D eigenvalue weighted by atomic mass is 10.1. The average molecular weight is 420 g/mol. The van der Waals surface area contributed by atoms with E-state index in [-0.39, 0.29) is 29.2 Å². The van der Waals surface area contributed by atoms with Crippen LogP contribution in [0.1, 0.15) is 30.8 Å². The smallest absolute Gasteiger partial charge is 0.356 e. The molecule has 1 fully saturated rings. The maximum absolute atomic E-state index is 12.7. The van der Waals surface area contributed by atoms with Crippen molar-refractivity contribution in [1.29, 1.82) is 0 Å². The summed E-state index contributed by atoms with van der Waals surface area (Å²) in [6.07, 6.45) is 0.412. The largest absolute Gasteiger partial charge is 0.451 e. The SMILES string of the molecule is CC(C)CN(C(=O)COC(=O)c1cc(-c2ccccc2)n[nH]1)[C@@H]1CCS(=O)(=O)C1. The molecule has 0 radical (unpaired) electrons. The molecule has 2 heterocycles. The molecule has 1 aromatic heterocycles. The third kappa shape index (κ3) is 5.44. The van der Waals surface area contributed by atoms with E-state index in [9.17, 15) is 18.0 Å². The lowest BCUT2D eigenvalue weighted by Gasteiger charge is -2.29. The van der Waals surface area contributed by atoms with Gasteiger partial charge in [-0.3, -0.25) is 9.89 Å². The zero-order chi connectivity index (χ0) is 21.0. The van der Waals surface area contributed by atoms with E-state index in [4.69, 9.17) is 4.74 Å². The van der Waals surface area contributed by atoms with Gasteiger partial charge in [-0.05, 0) is 18.4 Å². The number of aromatic nitrogens is 2. The van der Waals surface area contributed by atoms with Crippen molar-refractivity contribution < 1.29 is 22.7 Å². The van der Waals surface area contributed by atoms with E-state index in [1.54, 1.807) is 6.07 Å². The van der Waals surface area contributed by atoms with E-state index in [0.29, 0.717) is 18.7 Å². The molecular weight excluding hydrogens is 394 g/mol. The van der Waals surface area contributed by atoms with Crippen molar-refractivity contribution in [3.63, 3.8) is 0 Å². The van der Waals surface area contributed by atoms with Gasteiger partial charge in [0.05, 0.1) is 17.2 Å². The topological polar surface area (TPSA) is 109 Å². The number of amides is 1. The number of hydrogen-bond donors (Lipinski definition) is 1. The normalized spacial score (nSPS) is 18.0. The Hall–Kier alpha value is -2.68. The van der Waals surface area contributed by atoms with Crippen molar-refractivity contribution in [3.05, 3.63) is 42.1 Å².